The van der Waals surface area contributed by atoms with Gasteiger partial charge < -0.3 is 0 Å². The summed E-state index contributed by atoms with van der Waals surface area (Å²) in [7, 11) is 0. The maximum Gasteiger partial charge on any atom is 0.231 e. The van der Waals surface area contributed by atoms with E-state index in [0.29, 0.717) is 11.4 Å². The summed E-state index contributed by atoms with van der Waals surface area (Å²) >= 11 is 0. The lowest BCUT2D eigenvalue weighted by Gasteiger charge is -1.99. The van der Waals surface area contributed by atoms with Gasteiger partial charge in [-0.3, -0.25) is 14.8 Å². The van der Waals surface area contributed by atoms with Crippen molar-refractivity contribution >= 4 is 5.78 Å². The molecular formula is C11H9N3O. The van der Waals surface area contributed by atoms with Crippen molar-refractivity contribution in [3.8, 4) is 0 Å². The highest BCUT2D eigenvalue weighted by molar-refractivity contribution is 6.06. The van der Waals surface area contributed by atoms with E-state index in [4.69, 9.17) is 0 Å². The fourth-order valence-corrected chi connectivity index (χ4v) is 1.21. The molecule has 0 amide bonds. The van der Waals surface area contributed by atoms with Gasteiger partial charge in [-0.2, -0.15) is 0 Å². The predicted molar refractivity (Wildman–Crippen MR) is 54.4 cm³/mol. The van der Waals surface area contributed by atoms with Gasteiger partial charge in [0.1, 0.15) is 11.4 Å². The third-order valence-corrected chi connectivity index (χ3v) is 1.94. The highest BCUT2D eigenvalue weighted by Crippen LogP contribution is 2.05. The third kappa shape index (κ3) is 2.04. The van der Waals surface area contributed by atoms with Crippen molar-refractivity contribution in [1.29, 1.82) is 0 Å². The molecule has 0 spiro atoms. The molecule has 0 saturated carbocycles. The lowest BCUT2D eigenvalue weighted by Crippen LogP contribution is -2.06. The lowest BCUT2D eigenvalue weighted by atomic mass is 10.1. The van der Waals surface area contributed by atoms with E-state index >= 15 is 0 Å². The fourth-order valence-electron chi connectivity index (χ4n) is 1.21. The molecule has 0 bridgehead atoms. The second-order valence-electron chi connectivity index (χ2n) is 3.14. The standard InChI is InChI=1S/C11H9N3O/c1-8-2-3-13-9(6-8)11(15)10-7-12-4-5-14-10/h2-7H,1H3. The monoisotopic (exact) mass is 199 g/mol. The van der Waals surface area contributed by atoms with E-state index in [0.717, 1.165) is 5.56 Å². The van der Waals surface area contributed by atoms with Crippen LogP contribution in [0.3, 0.4) is 0 Å². The topological polar surface area (TPSA) is 55.7 Å². The lowest BCUT2D eigenvalue weighted by molar-refractivity contribution is 0.102. The molecule has 0 aliphatic heterocycles. The van der Waals surface area contributed by atoms with Gasteiger partial charge in [-0.05, 0) is 24.6 Å². The number of carbonyl (C=O) groups is 1. The number of hydrogen-bond acceptors (Lipinski definition) is 4. The molecule has 15 heavy (non-hydrogen) atoms. The number of aryl methyl sites for hydroxylation is 1. The van der Waals surface area contributed by atoms with Crippen LogP contribution < -0.4 is 0 Å². The van der Waals surface area contributed by atoms with Gasteiger partial charge in [0.15, 0.2) is 0 Å². The molecule has 2 aromatic heterocycles. The molecule has 0 aliphatic rings. The normalized spacial score (nSPS) is 9.93. The van der Waals surface area contributed by atoms with Crippen LogP contribution in [0.2, 0.25) is 0 Å². The smallest absolute Gasteiger partial charge is 0.231 e. The number of ketones is 1. The molecule has 74 valence electrons. The first-order valence-electron chi connectivity index (χ1n) is 4.51. The van der Waals surface area contributed by atoms with Gasteiger partial charge in [-0.25, -0.2) is 4.98 Å². The van der Waals surface area contributed by atoms with E-state index in [1.807, 2.05) is 13.0 Å². The van der Waals surface area contributed by atoms with Crippen LogP contribution in [0.15, 0.2) is 36.9 Å². The van der Waals surface area contributed by atoms with Crippen LogP contribution in [0.25, 0.3) is 0 Å². The molecule has 0 N–H and O–H groups in total. The summed E-state index contributed by atoms with van der Waals surface area (Å²) in [6.07, 6.45) is 6.06. The Bertz CT molecular complexity index is 482. The minimum atomic E-state index is -0.202. The number of carbonyl (C=O) groups excluding carboxylic acids is 1. The number of rotatable bonds is 2. The van der Waals surface area contributed by atoms with Crippen LogP contribution in [0.5, 0.6) is 0 Å². The van der Waals surface area contributed by atoms with Crippen molar-refractivity contribution in [3.63, 3.8) is 0 Å². The highest BCUT2D eigenvalue weighted by atomic mass is 16.1. The molecule has 0 aliphatic carbocycles. The fraction of sp³-hybridized carbons (Fsp3) is 0.0909. The Morgan fingerprint density at radius 2 is 1.93 bits per heavy atom. The number of hydrogen-bond donors (Lipinski definition) is 0. The molecule has 0 radical (unpaired) electrons. The Balaban J connectivity index is 2.37. The largest absolute Gasteiger partial charge is 0.285 e. The first-order chi connectivity index (χ1) is 7.27. The molecule has 4 nitrogen and oxygen atoms in total. The number of pyridine rings is 1. The van der Waals surface area contributed by atoms with Crippen molar-refractivity contribution in [3.05, 3.63) is 53.9 Å². The van der Waals surface area contributed by atoms with Crippen molar-refractivity contribution in [2.24, 2.45) is 0 Å². The van der Waals surface area contributed by atoms with Gasteiger partial charge >= 0.3 is 0 Å². The molecule has 0 unspecified atom stereocenters. The van der Waals surface area contributed by atoms with Crippen LogP contribution >= 0.6 is 0 Å². The Hall–Kier alpha value is -2.10. The maximum atomic E-state index is 11.8. The maximum absolute atomic E-state index is 11.8. The predicted octanol–water partition coefficient (Wildman–Crippen LogP) is 1.41. The van der Waals surface area contributed by atoms with Crippen LogP contribution in [0.1, 0.15) is 21.7 Å². The highest BCUT2D eigenvalue weighted by Gasteiger charge is 2.11. The van der Waals surface area contributed by atoms with Gasteiger partial charge in [0.25, 0.3) is 0 Å². The van der Waals surface area contributed by atoms with Crippen LogP contribution in [-0.4, -0.2) is 20.7 Å². The molecule has 2 rings (SSSR count). The molecule has 2 aromatic rings. The Morgan fingerprint density at radius 3 is 2.60 bits per heavy atom. The van der Waals surface area contributed by atoms with Crippen molar-refractivity contribution < 1.29 is 4.79 Å². The van der Waals surface area contributed by atoms with E-state index in [-0.39, 0.29) is 5.78 Å². The molecule has 4 heteroatoms. The zero-order valence-corrected chi connectivity index (χ0v) is 8.21. The van der Waals surface area contributed by atoms with Gasteiger partial charge in [0.2, 0.25) is 5.78 Å². The van der Waals surface area contributed by atoms with Crippen molar-refractivity contribution in [2.45, 2.75) is 6.92 Å². The summed E-state index contributed by atoms with van der Waals surface area (Å²) in [5, 5.41) is 0. The van der Waals surface area contributed by atoms with Crippen LogP contribution in [0, 0.1) is 6.92 Å². The summed E-state index contributed by atoms with van der Waals surface area (Å²) in [4.78, 5) is 23.6. The van der Waals surface area contributed by atoms with Gasteiger partial charge in [-0.15, -0.1) is 0 Å². The van der Waals surface area contributed by atoms with Crippen LogP contribution in [0.4, 0.5) is 0 Å². The molecule has 0 saturated heterocycles. The Morgan fingerprint density at radius 1 is 1.13 bits per heavy atom. The summed E-state index contributed by atoms with van der Waals surface area (Å²) in [5.41, 5.74) is 1.71. The first kappa shape index (κ1) is 9.45. The molecule has 0 aromatic carbocycles. The van der Waals surface area contributed by atoms with Gasteiger partial charge in [-0.1, -0.05) is 0 Å². The summed E-state index contributed by atoms with van der Waals surface area (Å²) in [5.74, 6) is -0.202. The van der Waals surface area contributed by atoms with E-state index < -0.39 is 0 Å². The zero-order valence-electron chi connectivity index (χ0n) is 8.21. The minimum absolute atomic E-state index is 0.202. The van der Waals surface area contributed by atoms with Crippen molar-refractivity contribution in [2.75, 3.05) is 0 Å². The summed E-state index contributed by atoms with van der Waals surface area (Å²) in [6.45, 7) is 1.91. The van der Waals surface area contributed by atoms with E-state index in [9.17, 15) is 4.79 Å². The molecule has 2 heterocycles. The number of aromatic nitrogens is 3. The Labute approximate surface area is 87.0 Å². The quantitative estimate of drug-likeness (QED) is 0.686. The second kappa shape index (κ2) is 3.96. The van der Waals surface area contributed by atoms with Crippen molar-refractivity contribution in [1.82, 2.24) is 15.0 Å². The summed E-state index contributed by atoms with van der Waals surface area (Å²) in [6, 6.07) is 3.57. The first-order valence-corrected chi connectivity index (χ1v) is 4.51. The molecular weight excluding hydrogens is 190 g/mol. The van der Waals surface area contributed by atoms with E-state index in [1.54, 1.807) is 12.3 Å². The average Bonchev–Trinajstić information content (AvgIpc) is 2.29. The zero-order chi connectivity index (χ0) is 10.7. The average molecular weight is 199 g/mol. The van der Waals surface area contributed by atoms with Crippen LogP contribution in [-0.2, 0) is 0 Å². The Kier molecular flexibility index (Phi) is 2.49. The molecule has 0 atom stereocenters. The summed E-state index contributed by atoms with van der Waals surface area (Å²) < 4.78 is 0. The minimum Gasteiger partial charge on any atom is -0.285 e. The van der Waals surface area contributed by atoms with E-state index in [2.05, 4.69) is 15.0 Å². The second-order valence-corrected chi connectivity index (χ2v) is 3.14. The number of nitrogens with zero attached hydrogens (tertiary/aromatic N) is 3. The third-order valence-electron chi connectivity index (χ3n) is 1.94. The van der Waals surface area contributed by atoms with E-state index in [1.165, 1.54) is 18.6 Å². The molecule has 0 fully saturated rings. The van der Waals surface area contributed by atoms with Gasteiger partial charge in [0.05, 0.1) is 6.20 Å². The van der Waals surface area contributed by atoms with Gasteiger partial charge in [0, 0.05) is 18.6 Å². The SMILES string of the molecule is Cc1ccnc(C(=O)c2cnccn2)c1.